The number of hydrogen-bond donors (Lipinski definition) is 1. The molecule has 1 aromatic rings. The molecule has 0 atom stereocenters. The molecular formula is C19H20N2O5. The third-order valence-corrected chi connectivity index (χ3v) is 5.29. The summed E-state index contributed by atoms with van der Waals surface area (Å²) in [5.74, 6) is -1.86. The molecule has 7 nitrogen and oxygen atoms in total. The van der Waals surface area contributed by atoms with Crippen LogP contribution < -0.4 is 5.32 Å². The summed E-state index contributed by atoms with van der Waals surface area (Å²) < 4.78 is 0. The summed E-state index contributed by atoms with van der Waals surface area (Å²) in [6.07, 6.45) is 4.46. The zero-order chi connectivity index (χ0) is 18.3. The summed E-state index contributed by atoms with van der Waals surface area (Å²) in [6.45, 7) is 0. The average molecular weight is 356 g/mol. The van der Waals surface area contributed by atoms with Gasteiger partial charge in [0.2, 0.25) is 5.91 Å². The molecule has 1 aliphatic heterocycles. The maximum Gasteiger partial charge on any atom is 0.336 e. The Hall–Kier alpha value is -2.70. The van der Waals surface area contributed by atoms with E-state index in [1.165, 1.54) is 12.1 Å². The number of benzene rings is 1. The van der Waals surface area contributed by atoms with Gasteiger partial charge in [-0.2, -0.15) is 0 Å². The van der Waals surface area contributed by atoms with Crippen molar-refractivity contribution in [1.82, 2.24) is 10.4 Å². The molecule has 136 valence electrons. The van der Waals surface area contributed by atoms with E-state index < -0.39 is 17.8 Å². The monoisotopic (exact) mass is 356 g/mol. The summed E-state index contributed by atoms with van der Waals surface area (Å²) in [4.78, 5) is 53.8. The van der Waals surface area contributed by atoms with Gasteiger partial charge in [-0.25, -0.2) is 4.79 Å². The first-order chi connectivity index (χ1) is 12.5. The fourth-order valence-corrected chi connectivity index (χ4v) is 3.55. The molecule has 0 spiro atoms. The second kappa shape index (κ2) is 6.55. The van der Waals surface area contributed by atoms with Crippen LogP contribution >= 0.6 is 0 Å². The molecule has 26 heavy (non-hydrogen) atoms. The lowest BCUT2D eigenvalue weighted by molar-refractivity contribution is -0.175. The molecule has 4 rings (SSSR count). The maximum absolute atomic E-state index is 12.4. The van der Waals surface area contributed by atoms with Crippen LogP contribution in [0.5, 0.6) is 0 Å². The molecule has 0 aromatic heterocycles. The Kier molecular flexibility index (Phi) is 4.22. The van der Waals surface area contributed by atoms with E-state index in [2.05, 4.69) is 5.32 Å². The van der Waals surface area contributed by atoms with Crippen LogP contribution in [-0.2, 0) is 14.4 Å². The first-order valence-corrected chi connectivity index (χ1v) is 9.04. The van der Waals surface area contributed by atoms with Gasteiger partial charge in [0.15, 0.2) is 0 Å². The fourth-order valence-electron chi connectivity index (χ4n) is 3.55. The largest absolute Gasteiger partial charge is 0.353 e. The van der Waals surface area contributed by atoms with E-state index in [1.807, 2.05) is 0 Å². The summed E-state index contributed by atoms with van der Waals surface area (Å²) in [5.41, 5.74) is 0.494. The van der Waals surface area contributed by atoms with Crippen LogP contribution in [0.2, 0.25) is 0 Å². The van der Waals surface area contributed by atoms with Crippen molar-refractivity contribution in [3.05, 3.63) is 35.4 Å². The smallest absolute Gasteiger partial charge is 0.336 e. The Morgan fingerprint density at radius 1 is 0.885 bits per heavy atom. The zero-order valence-corrected chi connectivity index (χ0v) is 14.3. The minimum atomic E-state index is -0.607. The zero-order valence-electron chi connectivity index (χ0n) is 14.3. The Morgan fingerprint density at radius 3 is 1.96 bits per heavy atom. The van der Waals surface area contributed by atoms with Crippen molar-refractivity contribution in [1.29, 1.82) is 0 Å². The molecule has 1 N–H and O–H groups in total. The van der Waals surface area contributed by atoms with Crippen molar-refractivity contribution >= 4 is 23.7 Å². The standard InChI is InChI=1S/C19H20N2O5/c22-16(11-5-6-11)20-13-9-7-12(8-10-13)19(25)26-21-17(23)14-3-1-2-4-15(14)18(21)24/h1-4,11-13H,5-10H2,(H,20,22). The van der Waals surface area contributed by atoms with E-state index >= 15 is 0 Å². The van der Waals surface area contributed by atoms with Gasteiger partial charge in [0.25, 0.3) is 11.8 Å². The highest BCUT2D eigenvalue weighted by atomic mass is 16.7. The minimum Gasteiger partial charge on any atom is -0.353 e. The highest BCUT2D eigenvalue weighted by Gasteiger charge is 2.40. The van der Waals surface area contributed by atoms with Crippen LogP contribution in [0.15, 0.2) is 24.3 Å². The lowest BCUT2D eigenvalue weighted by atomic mass is 9.86. The number of hydroxylamine groups is 2. The van der Waals surface area contributed by atoms with E-state index in [0.717, 1.165) is 12.8 Å². The number of carbonyl (C=O) groups is 4. The molecule has 2 aliphatic carbocycles. The van der Waals surface area contributed by atoms with E-state index in [0.29, 0.717) is 30.7 Å². The number of rotatable bonds is 4. The van der Waals surface area contributed by atoms with Crippen molar-refractivity contribution in [2.24, 2.45) is 11.8 Å². The summed E-state index contributed by atoms with van der Waals surface area (Å²) in [6, 6.07) is 6.49. The maximum atomic E-state index is 12.4. The van der Waals surface area contributed by atoms with E-state index in [1.54, 1.807) is 12.1 Å². The number of amides is 3. The Labute approximate surface area is 150 Å². The van der Waals surface area contributed by atoms with Gasteiger partial charge in [-0.15, -0.1) is 0 Å². The van der Waals surface area contributed by atoms with Crippen molar-refractivity contribution < 1.29 is 24.0 Å². The minimum absolute atomic E-state index is 0.0893. The molecule has 1 aromatic carbocycles. The summed E-state index contributed by atoms with van der Waals surface area (Å²) in [5, 5.41) is 3.59. The van der Waals surface area contributed by atoms with Crippen molar-refractivity contribution in [3.8, 4) is 0 Å². The van der Waals surface area contributed by atoms with Crippen LogP contribution in [0.3, 0.4) is 0 Å². The Morgan fingerprint density at radius 2 is 1.42 bits per heavy atom. The predicted molar refractivity (Wildman–Crippen MR) is 89.6 cm³/mol. The topological polar surface area (TPSA) is 92.8 Å². The quantitative estimate of drug-likeness (QED) is 0.831. The van der Waals surface area contributed by atoms with Gasteiger partial charge >= 0.3 is 5.97 Å². The van der Waals surface area contributed by atoms with Crippen LogP contribution in [0.4, 0.5) is 0 Å². The van der Waals surface area contributed by atoms with Gasteiger partial charge in [0, 0.05) is 12.0 Å². The molecule has 2 fully saturated rings. The van der Waals surface area contributed by atoms with E-state index in [4.69, 9.17) is 4.84 Å². The number of nitrogens with one attached hydrogen (secondary N) is 1. The van der Waals surface area contributed by atoms with Crippen LogP contribution in [0.1, 0.15) is 59.2 Å². The van der Waals surface area contributed by atoms with Crippen LogP contribution in [0.25, 0.3) is 0 Å². The van der Waals surface area contributed by atoms with E-state index in [9.17, 15) is 19.2 Å². The molecule has 1 heterocycles. The summed E-state index contributed by atoms with van der Waals surface area (Å²) in [7, 11) is 0. The van der Waals surface area contributed by atoms with Gasteiger partial charge in [-0.05, 0) is 50.7 Å². The number of fused-ring (bicyclic) bond motifs is 1. The molecule has 3 aliphatic rings. The van der Waals surface area contributed by atoms with Crippen LogP contribution in [0, 0.1) is 11.8 Å². The first-order valence-electron chi connectivity index (χ1n) is 9.04. The second-order valence-corrected chi connectivity index (χ2v) is 7.19. The number of hydrogen-bond acceptors (Lipinski definition) is 5. The van der Waals surface area contributed by atoms with Gasteiger partial charge < -0.3 is 10.2 Å². The molecule has 2 saturated carbocycles. The molecule has 0 unspecified atom stereocenters. The molecule has 0 radical (unpaired) electrons. The van der Waals surface area contributed by atoms with Crippen molar-refractivity contribution in [2.45, 2.75) is 44.6 Å². The van der Waals surface area contributed by atoms with Gasteiger partial charge in [-0.3, -0.25) is 14.4 Å². The fraction of sp³-hybridized carbons (Fsp3) is 0.474. The molecule has 0 saturated heterocycles. The molecule has 3 amide bonds. The van der Waals surface area contributed by atoms with Gasteiger partial charge in [0.05, 0.1) is 17.0 Å². The number of nitrogens with zero attached hydrogens (tertiary/aromatic N) is 1. The SMILES string of the molecule is O=C(NC1CCC(C(=O)ON2C(=O)c3ccccc3C2=O)CC1)C1CC1. The highest BCUT2D eigenvalue weighted by Crippen LogP contribution is 2.31. The normalized spacial score (nSPS) is 25.0. The second-order valence-electron chi connectivity index (χ2n) is 7.19. The predicted octanol–water partition coefficient (Wildman–Crippen LogP) is 1.83. The van der Waals surface area contributed by atoms with Crippen molar-refractivity contribution in [3.63, 3.8) is 0 Å². The van der Waals surface area contributed by atoms with Gasteiger partial charge in [-0.1, -0.05) is 17.2 Å². The van der Waals surface area contributed by atoms with Crippen molar-refractivity contribution in [2.75, 3.05) is 0 Å². The third-order valence-electron chi connectivity index (χ3n) is 5.29. The molecule has 0 bridgehead atoms. The van der Waals surface area contributed by atoms with E-state index in [-0.39, 0.29) is 34.9 Å². The third kappa shape index (κ3) is 3.09. The first kappa shape index (κ1) is 16.8. The van der Waals surface area contributed by atoms with Gasteiger partial charge in [0.1, 0.15) is 0 Å². The molecular weight excluding hydrogens is 336 g/mol. The molecule has 7 heteroatoms. The number of imide groups is 1. The Balaban J connectivity index is 1.31. The summed E-state index contributed by atoms with van der Waals surface area (Å²) >= 11 is 0. The number of carbonyl (C=O) groups excluding carboxylic acids is 4. The Bertz CT molecular complexity index is 743. The lowest BCUT2D eigenvalue weighted by Gasteiger charge is -2.28. The van der Waals surface area contributed by atoms with Crippen LogP contribution in [-0.4, -0.2) is 34.8 Å². The lowest BCUT2D eigenvalue weighted by Crippen LogP contribution is -2.41. The average Bonchev–Trinajstić information content (AvgIpc) is 3.47. The highest BCUT2D eigenvalue weighted by molar-refractivity contribution is 6.20.